The Labute approximate surface area is 111 Å². The average molecular weight is 278 g/mol. The standard InChI is InChI=1S/C12H26N2O3S/c1-4-14(11(2)8-17-3)12(9-13)6-5-7-18(15,16)10-12/h11H,4-10,13H2,1-3H3. The van der Waals surface area contributed by atoms with E-state index in [0.29, 0.717) is 25.3 Å². The molecule has 2 atom stereocenters. The summed E-state index contributed by atoms with van der Waals surface area (Å²) in [4.78, 5) is 2.20. The number of methoxy groups -OCH3 is 1. The Bertz CT molecular complexity index is 358. The van der Waals surface area contributed by atoms with Crippen molar-refractivity contribution in [1.29, 1.82) is 0 Å². The van der Waals surface area contributed by atoms with Crippen LogP contribution in [0.15, 0.2) is 0 Å². The fraction of sp³-hybridized carbons (Fsp3) is 1.00. The Morgan fingerprint density at radius 2 is 2.17 bits per heavy atom. The minimum absolute atomic E-state index is 0.178. The van der Waals surface area contributed by atoms with Gasteiger partial charge >= 0.3 is 0 Å². The van der Waals surface area contributed by atoms with Gasteiger partial charge in [0, 0.05) is 25.2 Å². The summed E-state index contributed by atoms with van der Waals surface area (Å²) in [6.07, 6.45) is 1.56. The third kappa shape index (κ3) is 3.44. The number of hydrogen-bond acceptors (Lipinski definition) is 5. The van der Waals surface area contributed by atoms with Gasteiger partial charge in [-0.1, -0.05) is 6.92 Å². The van der Waals surface area contributed by atoms with E-state index in [0.717, 1.165) is 13.0 Å². The average Bonchev–Trinajstić information content (AvgIpc) is 2.29. The second-order valence-corrected chi connectivity index (χ2v) is 7.40. The van der Waals surface area contributed by atoms with Gasteiger partial charge in [0.05, 0.1) is 18.1 Å². The maximum Gasteiger partial charge on any atom is 0.152 e. The number of nitrogens with two attached hydrogens (primary N) is 1. The van der Waals surface area contributed by atoms with Gasteiger partial charge in [0.1, 0.15) is 0 Å². The molecule has 1 fully saturated rings. The van der Waals surface area contributed by atoms with Crippen LogP contribution in [-0.2, 0) is 14.6 Å². The topological polar surface area (TPSA) is 72.6 Å². The van der Waals surface area contributed by atoms with Crippen LogP contribution in [0.3, 0.4) is 0 Å². The molecule has 2 N–H and O–H groups in total. The number of rotatable bonds is 6. The zero-order chi connectivity index (χ0) is 13.8. The molecule has 1 saturated heterocycles. The molecule has 0 amide bonds. The molecule has 0 bridgehead atoms. The van der Waals surface area contributed by atoms with E-state index in [1.165, 1.54) is 0 Å². The molecule has 1 heterocycles. The van der Waals surface area contributed by atoms with Crippen LogP contribution in [-0.4, -0.2) is 63.2 Å². The van der Waals surface area contributed by atoms with Crippen molar-refractivity contribution in [2.45, 2.75) is 38.3 Å². The molecule has 6 heteroatoms. The highest BCUT2D eigenvalue weighted by Gasteiger charge is 2.43. The van der Waals surface area contributed by atoms with Gasteiger partial charge in [-0.2, -0.15) is 0 Å². The maximum atomic E-state index is 11.9. The predicted molar refractivity (Wildman–Crippen MR) is 73.4 cm³/mol. The molecule has 0 aromatic heterocycles. The van der Waals surface area contributed by atoms with Crippen LogP contribution < -0.4 is 5.73 Å². The van der Waals surface area contributed by atoms with Crippen LogP contribution in [0.5, 0.6) is 0 Å². The first-order valence-corrected chi connectivity index (χ1v) is 8.39. The molecule has 1 rings (SSSR count). The van der Waals surface area contributed by atoms with E-state index in [9.17, 15) is 8.42 Å². The van der Waals surface area contributed by atoms with Gasteiger partial charge in [0.2, 0.25) is 0 Å². The lowest BCUT2D eigenvalue weighted by Gasteiger charge is -2.47. The van der Waals surface area contributed by atoms with Crippen LogP contribution in [0, 0.1) is 0 Å². The molecule has 0 radical (unpaired) electrons. The summed E-state index contributed by atoms with van der Waals surface area (Å²) in [6, 6.07) is 0.178. The van der Waals surface area contributed by atoms with E-state index in [1.807, 2.05) is 6.92 Å². The number of ether oxygens (including phenoxy) is 1. The highest BCUT2D eigenvalue weighted by molar-refractivity contribution is 7.91. The van der Waals surface area contributed by atoms with Gasteiger partial charge in [0.25, 0.3) is 0 Å². The van der Waals surface area contributed by atoms with E-state index < -0.39 is 15.4 Å². The minimum Gasteiger partial charge on any atom is -0.383 e. The van der Waals surface area contributed by atoms with Crippen LogP contribution in [0.2, 0.25) is 0 Å². The Kier molecular flexibility index (Phi) is 5.58. The highest BCUT2D eigenvalue weighted by Crippen LogP contribution is 2.30. The van der Waals surface area contributed by atoms with Crippen molar-refractivity contribution in [1.82, 2.24) is 4.90 Å². The molecule has 1 aliphatic rings. The summed E-state index contributed by atoms with van der Waals surface area (Å²) < 4.78 is 29.0. The quantitative estimate of drug-likeness (QED) is 0.754. The van der Waals surface area contributed by atoms with E-state index in [4.69, 9.17) is 10.5 Å². The lowest BCUT2D eigenvalue weighted by atomic mass is 9.91. The molecule has 0 saturated carbocycles. The molecule has 0 aliphatic carbocycles. The van der Waals surface area contributed by atoms with Crippen molar-refractivity contribution >= 4 is 9.84 Å². The lowest BCUT2D eigenvalue weighted by Crippen LogP contribution is -2.63. The van der Waals surface area contributed by atoms with E-state index in [-0.39, 0.29) is 11.8 Å². The lowest BCUT2D eigenvalue weighted by molar-refractivity contribution is 0.0246. The predicted octanol–water partition coefficient (Wildman–Crippen LogP) is 0.249. The van der Waals surface area contributed by atoms with Gasteiger partial charge in [-0.15, -0.1) is 0 Å². The van der Waals surface area contributed by atoms with Gasteiger partial charge in [-0.25, -0.2) is 8.42 Å². The molecule has 108 valence electrons. The van der Waals surface area contributed by atoms with E-state index in [1.54, 1.807) is 7.11 Å². The fourth-order valence-electron chi connectivity index (χ4n) is 3.13. The largest absolute Gasteiger partial charge is 0.383 e. The van der Waals surface area contributed by atoms with Gasteiger partial charge in [0.15, 0.2) is 9.84 Å². The Morgan fingerprint density at radius 1 is 1.50 bits per heavy atom. The van der Waals surface area contributed by atoms with Gasteiger partial charge in [-0.05, 0) is 26.3 Å². The molecule has 0 aromatic carbocycles. The first-order chi connectivity index (χ1) is 8.40. The van der Waals surface area contributed by atoms with Gasteiger partial charge in [-0.3, -0.25) is 4.90 Å². The summed E-state index contributed by atoms with van der Waals surface area (Å²) in [5, 5.41) is 0. The minimum atomic E-state index is -2.97. The monoisotopic (exact) mass is 278 g/mol. The Hall–Kier alpha value is -0.170. The Morgan fingerprint density at radius 3 is 2.61 bits per heavy atom. The zero-order valence-corrected chi connectivity index (χ0v) is 12.5. The third-order valence-corrected chi connectivity index (χ3v) is 5.74. The normalized spacial score (nSPS) is 29.4. The van der Waals surface area contributed by atoms with E-state index >= 15 is 0 Å². The van der Waals surface area contributed by atoms with Crippen LogP contribution >= 0.6 is 0 Å². The molecular weight excluding hydrogens is 252 g/mol. The number of likely N-dealkylation sites (N-methyl/N-ethyl adjacent to an activating group) is 1. The second-order valence-electron chi connectivity index (χ2n) is 5.21. The highest BCUT2D eigenvalue weighted by atomic mass is 32.2. The SMILES string of the molecule is CCN(C(C)COC)C1(CN)CCCS(=O)(=O)C1. The van der Waals surface area contributed by atoms with Gasteiger partial charge < -0.3 is 10.5 Å². The molecule has 18 heavy (non-hydrogen) atoms. The summed E-state index contributed by atoms with van der Waals surface area (Å²) >= 11 is 0. The van der Waals surface area contributed by atoms with Crippen molar-refractivity contribution < 1.29 is 13.2 Å². The maximum absolute atomic E-state index is 11.9. The number of nitrogens with zero attached hydrogens (tertiary/aromatic N) is 1. The Balaban J connectivity index is 2.97. The van der Waals surface area contributed by atoms with Crippen molar-refractivity contribution in [2.24, 2.45) is 5.73 Å². The van der Waals surface area contributed by atoms with Crippen molar-refractivity contribution in [3.63, 3.8) is 0 Å². The van der Waals surface area contributed by atoms with Crippen LogP contribution in [0.25, 0.3) is 0 Å². The summed E-state index contributed by atoms with van der Waals surface area (Å²) in [5.41, 5.74) is 5.51. The summed E-state index contributed by atoms with van der Waals surface area (Å²) in [6.45, 7) is 5.87. The third-order valence-electron chi connectivity index (χ3n) is 3.86. The number of hydrogen-bond donors (Lipinski definition) is 1. The smallest absolute Gasteiger partial charge is 0.152 e. The van der Waals surface area contributed by atoms with Crippen molar-refractivity contribution in [2.75, 3.05) is 38.3 Å². The first-order valence-electron chi connectivity index (χ1n) is 6.57. The molecular formula is C12H26N2O3S. The van der Waals surface area contributed by atoms with Crippen molar-refractivity contribution in [3.8, 4) is 0 Å². The molecule has 0 spiro atoms. The molecule has 5 nitrogen and oxygen atoms in total. The fourth-order valence-corrected chi connectivity index (χ4v) is 5.10. The van der Waals surface area contributed by atoms with Crippen molar-refractivity contribution in [3.05, 3.63) is 0 Å². The second kappa shape index (κ2) is 6.32. The van der Waals surface area contributed by atoms with Crippen LogP contribution in [0.4, 0.5) is 0 Å². The summed E-state index contributed by atoms with van der Waals surface area (Å²) in [5.74, 6) is 0.476. The zero-order valence-electron chi connectivity index (χ0n) is 11.7. The van der Waals surface area contributed by atoms with E-state index in [2.05, 4.69) is 11.8 Å². The molecule has 1 aliphatic heterocycles. The van der Waals surface area contributed by atoms with Crippen LogP contribution in [0.1, 0.15) is 26.7 Å². The summed E-state index contributed by atoms with van der Waals surface area (Å²) in [7, 11) is -1.30. The molecule has 0 aromatic rings. The first kappa shape index (κ1) is 15.9. The molecule has 2 unspecified atom stereocenters. The number of sulfone groups is 1.